The van der Waals surface area contributed by atoms with Crippen LogP contribution in [0.15, 0.2) is 43.0 Å². The van der Waals surface area contributed by atoms with Crippen molar-refractivity contribution in [3.8, 4) is 12.3 Å². The van der Waals surface area contributed by atoms with Gasteiger partial charge >= 0.3 is 5.97 Å². The average Bonchev–Trinajstić information content (AvgIpc) is 2.38. The number of terminal acetylenes is 1. The second kappa shape index (κ2) is 6.51. The quantitative estimate of drug-likeness (QED) is 0.476. The molecular formula is C14H14O3. The van der Waals surface area contributed by atoms with Gasteiger partial charge in [0.2, 0.25) is 0 Å². The number of aliphatic hydroxyl groups is 1. The summed E-state index contributed by atoms with van der Waals surface area (Å²) >= 11 is 0. The third-order valence-corrected chi connectivity index (χ3v) is 2.17. The van der Waals surface area contributed by atoms with Crippen LogP contribution in [0.5, 0.6) is 0 Å². The molecule has 0 fully saturated rings. The van der Waals surface area contributed by atoms with Crippen molar-refractivity contribution in [3.63, 3.8) is 0 Å². The van der Waals surface area contributed by atoms with E-state index in [1.165, 1.54) is 6.08 Å². The second-order valence-corrected chi connectivity index (χ2v) is 3.47. The average molecular weight is 230 g/mol. The lowest BCUT2D eigenvalue weighted by molar-refractivity contribution is 0.0333. The Morgan fingerprint density at radius 2 is 2.18 bits per heavy atom. The van der Waals surface area contributed by atoms with Crippen molar-refractivity contribution < 1.29 is 14.6 Å². The van der Waals surface area contributed by atoms with E-state index in [9.17, 15) is 9.90 Å². The summed E-state index contributed by atoms with van der Waals surface area (Å²) in [7, 11) is 0. The number of hydrogen-bond acceptors (Lipinski definition) is 3. The molecule has 0 aliphatic carbocycles. The Kier molecular flexibility index (Phi) is 4.99. The highest BCUT2D eigenvalue weighted by Crippen LogP contribution is 2.08. The molecule has 17 heavy (non-hydrogen) atoms. The van der Waals surface area contributed by atoms with Crippen molar-refractivity contribution in [1.82, 2.24) is 0 Å². The highest BCUT2D eigenvalue weighted by atomic mass is 16.5. The van der Waals surface area contributed by atoms with Gasteiger partial charge in [0.1, 0.15) is 0 Å². The largest absolute Gasteiger partial charge is 0.445 e. The lowest BCUT2D eigenvalue weighted by Gasteiger charge is -2.14. The molecule has 0 heterocycles. The molecule has 2 unspecified atom stereocenters. The smallest absolute Gasteiger partial charge is 0.339 e. The lowest BCUT2D eigenvalue weighted by atomic mass is 10.1. The van der Waals surface area contributed by atoms with Crippen molar-refractivity contribution >= 4 is 5.97 Å². The van der Waals surface area contributed by atoms with E-state index in [1.54, 1.807) is 30.3 Å². The zero-order valence-corrected chi connectivity index (χ0v) is 9.37. The molecule has 3 nitrogen and oxygen atoms in total. The van der Waals surface area contributed by atoms with E-state index in [-0.39, 0.29) is 6.42 Å². The van der Waals surface area contributed by atoms with Crippen LogP contribution in [0, 0.1) is 12.3 Å². The molecule has 0 spiro atoms. The summed E-state index contributed by atoms with van der Waals surface area (Å²) in [6.45, 7) is 3.43. The molecule has 3 heteroatoms. The number of carbonyl (C=O) groups excluding carboxylic acids is 1. The Labute approximate surface area is 101 Å². The summed E-state index contributed by atoms with van der Waals surface area (Å²) < 4.78 is 5.08. The third kappa shape index (κ3) is 4.13. The summed E-state index contributed by atoms with van der Waals surface area (Å²) in [6.07, 6.45) is 5.20. The van der Waals surface area contributed by atoms with Crippen LogP contribution in [-0.4, -0.2) is 23.3 Å². The lowest BCUT2D eigenvalue weighted by Crippen LogP contribution is -2.21. The van der Waals surface area contributed by atoms with E-state index < -0.39 is 18.2 Å². The molecule has 0 aliphatic heterocycles. The Hall–Kier alpha value is -2.05. The predicted octanol–water partition coefficient (Wildman–Crippen LogP) is 1.78. The molecule has 2 atom stereocenters. The van der Waals surface area contributed by atoms with Gasteiger partial charge in [0.25, 0.3) is 0 Å². The number of benzene rings is 1. The third-order valence-electron chi connectivity index (χ3n) is 2.17. The van der Waals surface area contributed by atoms with Crippen LogP contribution in [0.4, 0.5) is 0 Å². The zero-order valence-electron chi connectivity index (χ0n) is 9.37. The first kappa shape index (κ1) is 13.0. The van der Waals surface area contributed by atoms with Crippen LogP contribution < -0.4 is 0 Å². The van der Waals surface area contributed by atoms with Crippen molar-refractivity contribution in [2.24, 2.45) is 0 Å². The van der Waals surface area contributed by atoms with Gasteiger partial charge < -0.3 is 9.84 Å². The Balaban J connectivity index is 2.61. The molecule has 1 aromatic carbocycles. The van der Waals surface area contributed by atoms with E-state index >= 15 is 0 Å². The SMILES string of the molecule is C#CC(CC(O)C=C)OC(=O)c1ccccc1. The maximum atomic E-state index is 11.7. The number of carbonyl (C=O) groups is 1. The maximum Gasteiger partial charge on any atom is 0.339 e. The van der Waals surface area contributed by atoms with E-state index in [4.69, 9.17) is 11.2 Å². The number of aliphatic hydroxyl groups excluding tert-OH is 1. The molecule has 0 bridgehead atoms. The molecule has 1 N–H and O–H groups in total. The molecule has 0 amide bonds. The van der Waals surface area contributed by atoms with Gasteiger partial charge in [-0.05, 0) is 12.1 Å². The molecular weight excluding hydrogens is 216 g/mol. The van der Waals surface area contributed by atoms with Crippen LogP contribution >= 0.6 is 0 Å². The van der Waals surface area contributed by atoms with Crippen molar-refractivity contribution in [1.29, 1.82) is 0 Å². The van der Waals surface area contributed by atoms with Crippen molar-refractivity contribution in [3.05, 3.63) is 48.6 Å². The standard InChI is InChI=1S/C14H14O3/c1-3-12(15)10-13(4-2)17-14(16)11-8-6-5-7-9-11/h2-3,5-9,12-13,15H,1,10H2. The molecule has 0 aliphatic rings. The van der Waals surface area contributed by atoms with Gasteiger partial charge in [0.15, 0.2) is 6.10 Å². The molecule has 0 radical (unpaired) electrons. The van der Waals surface area contributed by atoms with Gasteiger partial charge in [-0.1, -0.05) is 30.2 Å². The summed E-state index contributed by atoms with van der Waals surface area (Å²) in [5.41, 5.74) is 0.431. The first-order chi connectivity index (χ1) is 8.17. The summed E-state index contributed by atoms with van der Waals surface area (Å²) in [6, 6.07) is 8.55. The van der Waals surface area contributed by atoms with E-state index in [0.717, 1.165) is 0 Å². The van der Waals surface area contributed by atoms with Crippen LogP contribution in [0.3, 0.4) is 0 Å². The van der Waals surface area contributed by atoms with Gasteiger partial charge in [0.05, 0.1) is 11.7 Å². The molecule has 1 aromatic rings. The molecule has 88 valence electrons. The maximum absolute atomic E-state index is 11.7. The second-order valence-electron chi connectivity index (χ2n) is 3.47. The Morgan fingerprint density at radius 3 is 2.71 bits per heavy atom. The first-order valence-electron chi connectivity index (χ1n) is 5.20. The summed E-state index contributed by atoms with van der Waals surface area (Å²) in [4.78, 5) is 11.7. The predicted molar refractivity (Wildman–Crippen MR) is 65.3 cm³/mol. The normalized spacial score (nSPS) is 13.2. The van der Waals surface area contributed by atoms with Gasteiger partial charge in [-0.15, -0.1) is 13.0 Å². The fourth-order valence-electron chi connectivity index (χ4n) is 1.24. The summed E-state index contributed by atoms with van der Waals surface area (Å²) in [5.74, 6) is 1.82. The fourth-order valence-corrected chi connectivity index (χ4v) is 1.24. The van der Waals surface area contributed by atoms with E-state index in [1.807, 2.05) is 0 Å². The Bertz CT molecular complexity index is 417. The van der Waals surface area contributed by atoms with Crippen molar-refractivity contribution in [2.45, 2.75) is 18.6 Å². The highest BCUT2D eigenvalue weighted by molar-refractivity contribution is 5.89. The van der Waals surface area contributed by atoms with E-state index in [0.29, 0.717) is 5.56 Å². The van der Waals surface area contributed by atoms with Gasteiger partial charge in [-0.3, -0.25) is 0 Å². The van der Waals surface area contributed by atoms with Crippen LogP contribution in [-0.2, 0) is 4.74 Å². The molecule has 1 rings (SSSR count). The first-order valence-corrected chi connectivity index (χ1v) is 5.20. The highest BCUT2D eigenvalue weighted by Gasteiger charge is 2.15. The zero-order chi connectivity index (χ0) is 12.7. The minimum absolute atomic E-state index is 0.151. The number of ether oxygens (including phenoxy) is 1. The fraction of sp³-hybridized carbons (Fsp3) is 0.214. The van der Waals surface area contributed by atoms with Gasteiger partial charge in [-0.25, -0.2) is 4.79 Å². The summed E-state index contributed by atoms with van der Waals surface area (Å²) in [5, 5.41) is 9.34. The molecule has 0 saturated carbocycles. The minimum atomic E-state index is -0.778. The molecule has 0 saturated heterocycles. The van der Waals surface area contributed by atoms with Gasteiger partial charge in [-0.2, -0.15) is 0 Å². The van der Waals surface area contributed by atoms with Crippen LogP contribution in [0.2, 0.25) is 0 Å². The van der Waals surface area contributed by atoms with Crippen LogP contribution in [0.1, 0.15) is 16.8 Å². The number of esters is 1. The Morgan fingerprint density at radius 1 is 1.53 bits per heavy atom. The van der Waals surface area contributed by atoms with Gasteiger partial charge in [0, 0.05) is 6.42 Å². The van der Waals surface area contributed by atoms with Crippen molar-refractivity contribution in [2.75, 3.05) is 0 Å². The number of rotatable bonds is 5. The molecule has 0 aromatic heterocycles. The van der Waals surface area contributed by atoms with Crippen LogP contribution in [0.25, 0.3) is 0 Å². The minimum Gasteiger partial charge on any atom is -0.445 e. The topological polar surface area (TPSA) is 46.5 Å². The number of hydrogen-bond donors (Lipinski definition) is 1. The monoisotopic (exact) mass is 230 g/mol. The van der Waals surface area contributed by atoms with E-state index in [2.05, 4.69) is 12.5 Å².